The third-order valence-corrected chi connectivity index (χ3v) is 3.02. The molecule has 96 valence electrons. The first-order chi connectivity index (χ1) is 8.13. The predicted octanol–water partition coefficient (Wildman–Crippen LogP) is 2.97. The third kappa shape index (κ3) is 3.37. The highest BCUT2D eigenvalue weighted by atomic mass is 16.5. The van der Waals surface area contributed by atoms with Gasteiger partial charge in [-0.2, -0.15) is 0 Å². The molecule has 0 spiro atoms. The molecular formula is C14H22O3. The number of rotatable bonds is 6. The minimum atomic E-state index is -0.354. The summed E-state index contributed by atoms with van der Waals surface area (Å²) >= 11 is 0. The van der Waals surface area contributed by atoms with Crippen molar-refractivity contribution in [3.8, 4) is 11.5 Å². The lowest BCUT2D eigenvalue weighted by atomic mass is 9.90. The van der Waals surface area contributed by atoms with E-state index in [9.17, 15) is 5.11 Å². The average Bonchev–Trinajstić information content (AvgIpc) is 2.34. The van der Waals surface area contributed by atoms with Gasteiger partial charge < -0.3 is 14.6 Å². The van der Waals surface area contributed by atoms with Crippen LogP contribution in [0.25, 0.3) is 0 Å². The average molecular weight is 238 g/mol. The maximum Gasteiger partial charge on any atom is 0.160 e. The molecule has 0 aromatic heterocycles. The van der Waals surface area contributed by atoms with E-state index in [-0.39, 0.29) is 12.0 Å². The third-order valence-electron chi connectivity index (χ3n) is 3.02. The minimum Gasteiger partial charge on any atom is -0.493 e. The smallest absolute Gasteiger partial charge is 0.160 e. The van der Waals surface area contributed by atoms with E-state index in [0.717, 1.165) is 24.2 Å². The Morgan fingerprint density at radius 1 is 1.18 bits per heavy atom. The van der Waals surface area contributed by atoms with Gasteiger partial charge >= 0.3 is 0 Å². The molecule has 0 bridgehead atoms. The summed E-state index contributed by atoms with van der Waals surface area (Å²) in [4.78, 5) is 0. The highest BCUT2D eigenvalue weighted by molar-refractivity contribution is 5.44. The fraction of sp³-hybridized carbons (Fsp3) is 0.571. The summed E-state index contributed by atoms with van der Waals surface area (Å²) in [7, 11) is 3.24. The number of hydrogen-bond acceptors (Lipinski definition) is 3. The first-order valence-corrected chi connectivity index (χ1v) is 6.04. The lowest BCUT2D eigenvalue weighted by molar-refractivity contribution is 0.157. The molecule has 1 rings (SSSR count). The normalized spacial score (nSPS) is 14.2. The van der Waals surface area contributed by atoms with Gasteiger partial charge in [0.25, 0.3) is 0 Å². The summed E-state index contributed by atoms with van der Waals surface area (Å²) in [5.74, 6) is 1.59. The molecule has 1 aromatic rings. The molecular weight excluding hydrogens is 216 g/mol. The van der Waals surface area contributed by atoms with Crippen LogP contribution in [0.2, 0.25) is 0 Å². The van der Waals surface area contributed by atoms with Crippen LogP contribution in [0.3, 0.4) is 0 Å². The molecule has 0 aliphatic rings. The largest absolute Gasteiger partial charge is 0.493 e. The Bertz CT molecular complexity index is 347. The minimum absolute atomic E-state index is 0.153. The summed E-state index contributed by atoms with van der Waals surface area (Å²) in [6, 6.07) is 5.83. The van der Waals surface area contributed by atoms with Crippen molar-refractivity contribution >= 4 is 0 Å². The Morgan fingerprint density at radius 2 is 1.82 bits per heavy atom. The van der Waals surface area contributed by atoms with E-state index in [2.05, 4.69) is 6.92 Å². The number of aliphatic hydroxyl groups excluding tert-OH is 1. The van der Waals surface area contributed by atoms with Crippen LogP contribution in [0.5, 0.6) is 11.5 Å². The molecule has 0 fully saturated rings. The fourth-order valence-electron chi connectivity index (χ4n) is 2.08. The van der Waals surface area contributed by atoms with Crippen molar-refractivity contribution in [2.75, 3.05) is 14.2 Å². The standard InChI is InChI=1S/C14H22O3/c1-5-6-12(10(2)15)11-7-8-13(16-3)14(9-11)17-4/h7-10,12,15H,5-6H2,1-4H3. The topological polar surface area (TPSA) is 38.7 Å². The second-order valence-electron chi connectivity index (χ2n) is 4.25. The predicted molar refractivity (Wildman–Crippen MR) is 68.9 cm³/mol. The molecule has 1 aromatic carbocycles. The maximum atomic E-state index is 9.81. The number of benzene rings is 1. The van der Waals surface area contributed by atoms with E-state index in [1.165, 1.54) is 0 Å². The number of hydrogen-bond donors (Lipinski definition) is 1. The van der Waals surface area contributed by atoms with Crippen molar-refractivity contribution in [1.82, 2.24) is 0 Å². The Morgan fingerprint density at radius 3 is 2.29 bits per heavy atom. The first-order valence-electron chi connectivity index (χ1n) is 6.04. The van der Waals surface area contributed by atoms with Crippen LogP contribution in [0.1, 0.15) is 38.2 Å². The molecule has 0 amide bonds. The molecule has 0 saturated heterocycles. The van der Waals surface area contributed by atoms with Crippen molar-refractivity contribution in [3.05, 3.63) is 23.8 Å². The monoisotopic (exact) mass is 238 g/mol. The zero-order valence-electron chi connectivity index (χ0n) is 11.1. The van der Waals surface area contributed by atoms with Crippen molar-refractivity contribution in [2.24, 2.45) is 0 Å². The Kier molecular flexibility index (Phi) is 5.29. The zero-order chi connectivity index (χ0) is 12.8. The van der Waals surface area contributed by atoms with Gasteiger partial charge in [0.2, 0.25) is 0 Å². The van der Waals surface area contributed by atoms with Crippen LogP contribution in [-0.2, 0) is 0 Å². The van der Waals surface area contributed by atoms with E-state index in [0.29, 0.717) is 5.75 Å². The van der Waals surface area contributed by atoms with Gasteiger partial charge in [0.1, 0.15) is 0 Å². The molecule has 3 nitrogen and oxygen atoms in total. The van der Waals surface area contributed by atoms with Gasteiger partial charge in [0.15, 0.2) is 11.5 Å². The molecule has 2 atom stereocenters. The van der Waals surface area contributed by atoms with Crippen LogP contribution < -0.4 is 9.47 Å². The van der Waals surface area contributed by atoms with Gasteiger partial charge in [-0.05, 0) is 31.0 Å². The van der Waals surface area contributed by atoms with Crippen LogP contribution in [-0.4, -0.2) is 25.4 Å². The van der Waals surface area contributed by atoms with Crippen LogP contribution >= 0.6 is 0 Å². The van der Waals surface area contributed by atoms with Crippen LogP contribution in [0.4, 0.5) is 0 Å². The lowest BCUT2D eigenvalue weighted by Gasteiger charge is -2.21. The molecule has 0 heterocycles. The molecule has 0 saturated carbocycles. The molecule has 2 unspecified atom stereocenters. The van der Waals surface area contributed by atoms with Gasteiger partial charge in [-0.3, -0.25) is 0 Å². The van der Waals surface area contributed by atoms with Crippen molar-refractivity contribution < 1.29 is 14.6 Å². The Labute approximate surface area is 103 Å². The lowest BCUT2D eigenvalue weighted by Crippen LogP contribution is -2.14. The molecule has 0 aliphatic heterocycles. The van der Waals surface area contributed by atoms with E-state index in [4.69, 9.17) is 9.47 Å². The maximum absolute atomic E-state index is 9.81. The quantitative estimate of drug-likeness (QED) is 0.828. The first kappa shape index (κ1) is 13.8. The fourth-order valence-corrected chi connectivity index (χ4v) is 2.08. The molecule has 17 heavy (non-hydrogen) atoms. The highest BCUT2D eigenvalue weighted by Gasteiger charge is 2.18. The second-order valence-corrected chi connectivity index (χ2v) is 4.25. The van der Waals surface area contributed by atoms with E-state index < -0.39 is 0 Å². The van der Waals surface area contributed by atoms with Crippen molar-refractivity contribution in [1.29, 1.82) is 0 Å². The SMILES string of the molecule is CCCC(c1ccc(OC)c(OC)c1)C(C)O. The molecule has 0 radical (unpaired) electrons. The molecule has 0 aliphatic carbocycles. The summed E-state index contributed by atoms with van der Waals surface area (Å²) in [5.41, 5.74) is 1.10. The van der Waals surface area contributed by atoms with Crippen molar-refractivity contribution in [2.45, 2.75) is 38.7 Å². The van der Waals surface area contributed by atoms with Crippen molar-refractivity contribution in [3.63, 3.8) is 0 Å². The molecule has 1 N–H and O–H groups in total. The summed E-state index contributed by atoms with van der Waals surface area (Å²) < 4.78 is 10.5. The van der Waals surface area contributed by atoms with E-state index >= 15 is 0 Å². The van der Waals surface area contributed by atoms with E-state index in [1.54, 1.807) is 14.2 Å². The van der Waals surface area contributed by atoms with Gasteiger partial charge in [-0.1, -0.05) is 19.4 Å². The van der Waals surface area contributed by atoms with Gasteiger partial charge in [0, 0.05) is 5.92 Å². The van der Waals surface area contributed by atoms with Crippen LogP contribution in [0, 0.1) is 0 Å². The summed E-state index contributed by atoms with van der Waals surface area (Å²) in [6.07, 6.45) is 1.66. The Balaban J connectivity index is 3.03. The van der Waals surface area contributed by atoms with E-state index in [1.807, 2.05) is 25.1 Å². The van der Waals surface area contributed by atoms with Gasteiger partial charge in [-0.15, -0.1) is 0 Å². The summed E-state index contributed by atoms with van der Waals surface area (Å²) in [6.45, 7) is 3.95. The number of methoxy groups -OCH3 is 2. The molecule has 3 heteroatoms. The Hall–Kier alpha value is -1.22. The second kappa shape index (κ2) is 6.50. The van der Waals surface area contributed by atoms with Crippen LogP contribution in [0.15, 0.2) is 18.2 Å². The number of ether oxygens (including phenoxy) is 2. The number of aliphatic hydroxyl groups is 1. The zero-order valence-corrected chi connectivity index (χ0v) is 11.1. The summed E-state index contributed by atoms with van der Waals surface area (Å²) in [5, 5.41) is 9.81. The highest BCUT2D eigenvalue weighted by Crippen LogP contribution is 2.33. The van der Waals surface area contributed by atoms with Gasteiger partial charge in [-0.25, -0.2) is 0 Å². The van der Waals surface area contributed by atoms with Gasteiger partial charge in [0.05, 0.1) is 20.3 Å².